The van der Waals surface area contributed by atoms with Crippen molar-refractivity contribution >= 4 is 23.1 Å². The van der Waals surface area contributed by atoms with E-state index in [-0.39, 0.29) is 19.1 Å². The van der Waals surface area contributed by atoms with Crippen molar-refractivity contribution in [2.24, 2.45) is 10.2 Å². The number of ether oxygens (including phenoxy) is 3. The summed E-state index contributed by atoms with van der Waals surface area (Å²) in [5.74, 6) is 0.810. The van der Waals surface area contributed by atoms with E-state index in [0.29, 0.717) is 34.9 Å². The second-order valence-corrected chi connectivity index (χ2v) is 6.24. The topological polar surface area (TPSA) is 113 Å². The van der Waals surface area contributed by atoms with Crippen molar-refractivity contribution in [1.29, 1.82) is 0 Å². The summed E-state index contributed by atoms with van der Waals surface area (Å²) in [5.41, 5.74) is 3.43. The number of fused-ring (bicyclic) bond motifs is 2. The summed E-state index contributed by atoms with van der Waals surface area (Å²) in [4.78, 5) is 21.6. The minimum atomic E-state index is -0.458. The molecular weight excluding hydrogens is 366 g/mol. The lowest BCUT2D eigenvalue weighted by molar-refractivity contribution is -0.384. The number of carbonyl (C=O) groups is 1. The molecule has 0 amide bonds. The molecule has 142 valence electrons. The number of nitro benzene ring substituents is 1. The van der Waals surface area contributed by atoms with Crippen LogP contribution in [0.25, 0.3) is 0 Å². The molecule has 2 aromatic rings. The SMILES string of the molecule is CC(=O)OCC1=NN=C(c2ccc([N+](=O)[O-])cc2)c2cc3c(cc2C1)OCO3. The molecule has 2 aromatic carbocycles. The maximum absolute atomic E-state index is 11.1. The highest BCUT2D eigenvalue weighted by molar-refractivity contribution is 6.15. The number of benzene rings is 2. The maximum atomic E-state index is 11.1. The molecule has 0 bridgehead atoms. The van der Waals surface area contributed by atoms with Gasteiger partial charge >= 0.3 is 5.97 Å². The Labute approximate surface area is 159 Å². The fourth-order valence-electron chi connectivity index (χ4n) is 3.00. The van der Waals surface area contributed by atoms with E-state index in [1.165, 1.54) is 19.1 Å². The highest BCUT2D eigenvalue weighted by Gasteiger charge is 2.24. The first-order valence-corrected chi connectivity index (χ1v) is 8.46. The van der Waals surface area contributed by atoms with Gasteiger partial charge in [0.15, 0.2) is 11.5 Å². The third kappa shape index (κ3) is 3.41. The van der Waals surface area contributed by atoms with Gasteiger partial charge in [-0.15, -0.1) is 5.10 Å². The number of carbonyl (C=O) groups excluding carboxylic acids is 1. The average molecular weight is 381 g/mol. The number of esters is 1. The lowest BCUT2D eigenvalue weighted by Gasteiger charge is -2.11. The summed E-state index contributed by atoms with van der Waals surface area (Å²) < 4.78 is 16.0. The van der Waals surface area contributed by atoms with Gasteiger partial charge in [-0.2, -0.15) is 5.10 Å². The molecule has 2 aliphatic rings. The normalized spacial score (nSPS) is 14.5. The van der Waals surface area contributed by atoms with Crippen molar-refractivity contribution in [1.82, 2.24) is 0 Å². The third-order valence-corrected chi connectivity index (χ3v) is 4.33. The molecule has 28 heavy (non-hydrogen) atoms. The van der Waals surface area contributed by atoms with Gasteiger partial charge in [-0.3, -0.25) is 14.9 Å². The van der Waals surface area contributed by atoms with E-state index in [1.807, 2.05) is 12.1 Å². The molecule has 0 fully saturated rings. The van der Waals surface area contributed by atoms with Crippen LogP contribution < -0.4 is 9.47 Å². The minimum Gasteiger partial charge on any atom is -0.460 e. The largest absolute Gasteiger partial charge is 0.460 e. The lowest BCUT2D eigenvalue weighted by atomic mass is 9.94. The van der Waals surface area contributed by atoms with Crippen molar-refractivity contribution in [2.75, 3.05) is 13.4 Å². The van der Waals surface area contributed by atoms with E-state index in [0.717, 1.165) is 11.1 Å². The van der Waals surface area contributed by atoms with Crippen LogP contribution in [-0.4, -0.2) is 35.7 Å². The monoisotopic (exact) mass is 381 g/mol. The molecule has 9 heteroatoms. The molecule has 9 nitrogen and oxygen atoms in total. The fraction of sp³-hybridized carbons (Fsp3) is 0.211. The molecule has 0 atom stereocenters. The third-order valence-electron chi connectivity index (χ3n) is 4.33. The number of non-ortho nitro benzene ring substituents is 1. The molecule has 0 aromatic heterocycles. The quantitative estimate of drug-likeness (QED) is 0.457. The molecule has 0 saturated heterocycles. The first kappa shape index (κ1) is 17.7. The van der Waals surface area contributed by atoms with Crippen molar-refractivity contribution < 1.29 is 23.9 Å². The van der Waals surface area contributed by atoms with E-state index >= 15 is 0 Å². The van der Waals surface area contributed by atoms with Gasteiger partial charge in [0, 0.05) is 36.6 Å². The van der Waals surface area contributed by atoms with Gasteiger partial charge in [0.05, 0.1) is 10.6 Å². The molecule has 0 N–H and O–H groups in total. The second kappa shape index (κ2) is 7.10. The number of rotatable bonds is 4. The van der Waals surface area contributed by atoms with Gasteiger partial charge in [-0.25, -0.2) is 0 Å². The first-order valence-electron chi connectivity index (χ1n) is 8.46. The zero-order valence-corrected chi connectivity index (χ0v) is 14.9. The number of hydrogen-bond donors (Lipinski definition) is 0. The van der Waals surface area contributed by atoms with Crippen LogP contribution in [0.1, 0.15) is 23.6 Å². The van der Waals surface area contributed by atoms with Gasteiger partial charge in [0.25, 0.3) is 5.69 Å². The number of nitro groups is 1. The lowest BCUT2D eigenvalue weighted by Crippen LogP contribution is -2.14. The molecule has 0 spiro atoms. The molecule has 2 heterocycles. The van der Waals surface area contributed by atoms with Crippen LogP contribution in [0, 0.1) is 10.1 Å². The van der Waals surface area contributed by atoms with Crippen LogP contribution in [-0.2, 0) is 16.0 Å². The first-order chi connectivity index (χ1) is 13.5. The summed E-state index contributed by atoms with van der Waals surface area (Å²) in [6, 6.07) is 9.75. The zero-order valence-electron chi connectivity index (χ0n) is 14.9. The van der Waals surface area contributed by atoms with E-state index in [1.54, 1.807) is 12.1 Å². The Morgan fingerprint density at radius 2 is 1.89 bits per heavy atom. The Morgan fingerprint density at radius 1 is 1.18 bits per heavy atom. The van der Waals surface area contributed by atoms with E-state index in [9.17, 15) is 14.9 Å². The Hall–Kier alpha value is -3.75. The number of hydrogen-bond acceptors (Lipinski definition) is 8. The van der Waals surface area contributed by atoms with Crippen LogP contribution in [0.2, 0.25) is 0 Å². The van der Waals surface area contributed by atoms with Crippen LogP contribution >= 0.6 is 0 Å². The van der Waals surface area contributed by atoms with Crippen molar-refractivity contribution in [2.45, 2.75) is 13.3 Å². The Bertz CT molecular complexity index is 1030. The van der Waals surface area contributed by atoms with Crippen molar-refractivity contribution in [3.05, 3.63) is 63.2 Å². The summed E-state index contributed by atoms with van der Waals surface area (Å²) in [6.07, 6.45) is 0.416. The van der Waals surface area contributed by atoms with E-state index < -0.39 is 10.9 Å². The van der Waals surface area contributed by atoms with Crippen molar-refractivity contribution in [3.8, 4) is 11.5 Å². The molecule has 0 saturated carbocycles. The average Bonchev–Trinajstić information content (AvgIpc) is 3.05. The van der Waals surface area contributed by atoms with Gasteiger partial charge < -0.3 is 14.2 Å². The standard InChI is InChI=1S/C19H15N3O6/c1-11(23)26-9-14-6-13-7-17-18(28-10-27-17)8-16(13)19(21-20-14)12-2-4-15(5-3-12)22(24)25/h2-5,7-8H,6,9-10H2,1H3. The summed E-state index contributed by atoms with van der Waals surface area (Å²) in [5, 5.41) is 19.5. The fourth-order valence-corrected chi connectivity index (χ4v) is 3.00. The highest BCUT2D eigenvalue weighted by atomic mass is 16.7. The van der Waals surface area contributed by atoms with Crippen molar-refractivity contribution in [3.63, 3.8) is 0 Å². The molecule has 0 aliphatic carbocycles. The highest BCUT2D eigenvalue weighted by Crippen LogP contribution is 2.36. The molecule has 4 rings (SSSR count). The van der Waals surface area contributed by atoms with Crippen LogP contribution in [0.5, 0.6) is 11.5 Å². The van der Waals surface area contributed by atoms with Crippen LogP contribution in [0.3, 0.4) is 0 Å². The summed E-state index contributed by atoms with van der Waals surface area (Å²) in [6.45, 7) is 1.49. The van der Waals surface area contributed by atoms with E-state index in [4.69, 9.17) is 14.2 Å². The minimum absolute atomic E-state index is 0.0112. The summed E-state index contributed by atoms with van der Waals surface area (Å²) in [7, 11) is 0. The van der Waals surface area contributed by atoms with Gasteiger partial charge in [-0.1, -0.05) is 0 Å². The Balaban J connectivity index is 1.78. The predicted octanol–water partition coefficient (Wildman–Crippen LogP) is 2.64. The maximum Gasteiger partial charge on any atom is 0.303 e. The molecule has 2 aliphatic heterocycles. The smallest absolute Gasteiger partial charge is 0.303 e. The van der Waals surface area contributed by atoms with Crippen LogP contribution in [0.4, 0.5) is 5.69 Å². The molecule has 0 radical (unpaired) electrons. The Morgan fingerprint density at radius 3 is 2.57 bits per heavy atom. The van der Waals surface area contributed by atoms with Gasteiger partial charge in [0.2, 0.25) is 6.79 Å². The predicted molar refractivity (Wildman–Crippen MR) is 99.1 cm³/mol. The second-order valence-electron chi connectivity index (χ2n) is 6.24. The summed E-state index contributed by atoms with van der Waals surface area (Å²) >= 11 is 0. The molecular formula is C19H15N3O6. The van der Waals surface area contributed by atoms with Gasteiger partial charge in [0.1, 0.15) is 12.3 Å². The number of nitrogens with zero attached hydrogens (tertiary/aromatic N) is 3. The molecule has 0 unspecified atom stereocenters. The Kier molecular flexibility index (Phi) is 4.48. The zero-order chi connectivity index (χ0) is 19.7. The van der Waals surface area contributed by atoms with Gasteiger partial charge in [-0.05, 0) is 29.8 Å². The van der Waals surface area contributed by atoms with E-state index in [2.05, 4.69) is 10.2 Å². The van der Waals surface area contributed by atoms with Crippen LogP contribution in [0.15, 0.2) is 46.6 Å².